The zero-order chi connectivity index (χ0) is 14.5. The molecule has 2 N–H and O–H groups in total. The van der Waals surface area contributed by atoms with Gasteiger partial charge < -0.3 is 5.32 Å². The third-order valence-corrected chi connectivity index (χ3v) is 3.75. The SMILES string of the molecule is CNC(=O)NC(=O)[C@@H](C)Sc1nncc2ccccc12. The van der Waals surface area contributed by atoms with Crippen LogP contribution in [0, 0.1) is 0 Å². The zero-order valence-electron chi connectivity index (χ0n) is 11.1. The molecule has 7 heteroatoms. The Morgan fingerprint density at radius 3 is 2.80 bits per heavy atom. The van der Waals surface area contributed by atoms with Gasteiger partial charge in [0, 0.05) is 17.8 Å². The van der Waals surface area contributed by atoms with E-state index in [1.165, 1.54) is 18.8 Å². The molecule has 1 aromatic heterocycles. The van der Waals surface area contributed by atoms with Crippen LogP contribution in [-0.2, 0) is 4.79 Å². The third-order valence-electron chi connectivity index (χ3n) is 2.66. The van der Waals surface area contributed by atoms with E-state index < -0.39 is 11.3 Å². The Hall–Kier alpha value is -2.15. The fourth-order valence-corrected chi connectivity index (χ4v) is 2.49. The fraction of sp³-hybridized carbons (Fsp3) is 0.231. The van der Waals surface area contributed by atoms with E-state index in [2.05, 4.69) is 20.8 Å². The molecule has 6 nitrogen and oxygen atoms in total. The van der Waals surface area contributed by atoms with Crippen molar-refractivity contribution < 1.29 is 9.59 Å². The lowest BCUT2D eigenvalue weighted by atomic mass is 10.2. The van der Waals surface area contributed by atoms with E-state index in [-0.39, 0.29) is 5.91 Å². The number of nitrogens with one attached hydrogen (secondary N) is 2. The van der Waals surface area contributed by atoms with Crippen molar-refractivity contribution in [3.8, 4) is 0 Å². The van der Waals surface area contributed by atoms with E-state index in [0.717, 1.165) is 10.8 Å². The first-order chi connectivity index (χ1) is 9.61. The molecule has 0 fully saturated rings. The Morgan fingerprint density at radius 2 is 2.05 bits per heavy atom. The molecule has 2 rings (SSSR count). The molecule has 1 heterocycles. The van der Waals surface area contributed by atoms with Crippen molar-refractivity contribution in [3.05, 3.63) is 30.5 Å². The number of imide groups is 1. The molecule has 0 aliphatic carbocycles. The molecule has 104 valence electrons. The Morgan fingerprint density at radius 1 is 1.30 bits per heavy atom. The van der Waals surface area contributed by atoms with Crippen LogP contribution >= 0.6 is 11.8 Å². The van der Waals surface area contributed by atoms with Gasteiger partial charge in [0.25, 0.3) is 0 Å². The van der Waals surface area contributed by atoms with Crippen LogP contribution < -0.4 is 10.6 Å². The molecular formula is C13H14N4O2S. The number of hydrogen-bond acceptors (Lipinski definition) is 5. The van der Waals surface area contributed by atoms with E-state index in [0.29, 0.717) is 5.03 Å². The molecule has 0 aliphatic rings. The van der Waals surface area contributed by atoms with Crippen LogP contribution in [0.25, 0.3) is 10.8 Å². The van der Waals surface area contributed by atoms with Gasteiger partial charge in [0.1, 0.15) is 5.03 Å². The molecule has 0 bridgehead atoms. The van der Waals surface area contributed by atoms with Crippen molar-refractivity contribution in [1.82, 2.24) is 20.8 Å². The van der Waals surface area contributed by atoms with Crippen molar-refractivity contribution in [1.29, 1.82) is 0 Å². The predicted molar refractivity (Wildman–Crippen MR) is 77.5 cm³/mol. The smallest absolute Gasteiger partial charge is 0.321 e. The third kappa shape index (κ3) is 3.24. The van der Waals surface area contributed by atoms with Crippen LogP contribution in [0.4, 0.5) is 4.79 Å². The first-order valence-corrected chi connectivity index (χ1v) is 6.89. The van der Waals surface area contributed by atoms with E-state index in [4.69, 9.17) is 0 Å². The Labute approximate surface area is 120 Å². The standard InChI is InChI=1S/C13H14N4O2S/c1-8(11(18)16-13(19)14-2)20-12-10-6-4-3-5-9(10)7-15-17-12/h3-8H,1-2H3,(H2,14,16,18,19)/t8-/m1/s1. The molecule has 0 unspecified atom stereocenters. The number of carbonyl (C=O) groups is 2. The van der Waals surface area contributed by atoms with Gasteiger partial charge in [0.2, 0.25) is 5.91 Å². The van der Waals surface area contributed by atoms with E-state index >= 15 is 0 Å². The summed E-state index contributed by atoms with van der Waals surface area (Å²) in [7, 11) is 1.45. The summed E-state index contributed by atoms with van der Waals surface area (Å²) in [5.41, 5.74) is 0. The number of rotatable bonds is 3. The van der Waals surface area contributed by atoms with Crippen molar-refractivity contribution in [2.75, 3.05) is 7.05 Å². The van der Waals surface area contributed by atoms with Gasteiger partial charge in [-0.05, 0) is 6.92 Å². The van der Waals surface area contributed by atoms with Crippen molar-refractivity contribution in [3.63, 3.8) is 0 Å². The van der Waals surface area contributed by atoms with E-state index in [1.807, 2.05) is 24.3 Å². The molecule has 0 radical (unpaired) electrons. The molecule has 0 aliphatic heterocycles. The average molecular weight is 290 g/mol. The van der Waals surface area contributed by atoms with Crippen LogP contribution in [-0.4, -0.2) is 34.4 Å². The van der Waals surface area contributed by atoms with Gasteiger partial charge in [-0.15, -0.1) is 5.10 Å². The number of aromatic nitrogens is 2. The highest BCUT2D eigenvalue weighted by molar-refractivity contribution is 8.00. The van der Waals surface area contributed by atoms with Gasteiger partial charge in [-0.3, -0.25) is 10.1 Å². The van der Waals surface area contributed by atoms with Gasteiger partial charge in [0.15, 0.2) is 0 Å². The van der Waals surface area contributed by atoms with Crippen LogP contribution in [0.2, 0.25) is 0 Å². The maximum atomic E-state index is 11.8. The molecular weight excluding hydrogens is 276 g/mol. The molecule has 1 aromatic carbocycles. The monoisotopic (exact) mass is 290 g/mol. The van der Waals surface area contributed by atoms with Crippen LogP contribution in [0.5, 0.6) is 0 Å². The number of fused-ring (bicyclic) bond motifs is 1. The summed E-state index contributed by atoms with van der Waals surface area (Å²) in [5, 5.41) is 14.7. The van der Waals surface area contributed by atoms with Gasteiger partial charge in [-0.2, -0.15) is 5.10 Å². The van der Waals surface area contributed by atoms with Crippen molar-refractivity contribution in [2.24, 2.45) is 0 Å². The van der Waals surface area contributed by atoms with Crippen LogP contribution in [0.15, 0.2) is 35.5 Å². The number of urea groups is 1. The summed E-state index contributed by atoms with van der Waals surface area (Å²) in [6.07, 6.45) is 1.68. The average Bonchev–Trinajstić information content (AvgIpc) is 2.47. The Kier molecular flexibility index (Phi) is 4.52. The molecule has 0 saturated carbocycles. The highest BCUT2D eigenvalue weighted by Crippen LogP contribution is 2.27. The highest BCUT2D eigenvalue weighted by Gasteiger charge is 2.18. The first-order valence-electron chi connectivity index (χ1n) is 6.01. The second-order valence-corrected chi connectivity index (χ2v) is 5.39. The summed E-state index contributed by atoms with van der Waals surface area (Å²) in [5.74, 6) is -0.371. The number of amides is 3. The molecule has 0 spiro atoms. The number of thioether (sulfide) groups is 1. The maximum absolute atomic E-state index is 11.8. The maximum Gasteiger partial charge on any atom is 0.321 e. The van der Waals surface area contributed by atoms with Crippen LogP contribution in [0.1, 0.15) is 6.92 Å². The topological polar surface area (TPSA) is 84.0 Å². The molecule has 1 atom stereocenters. The number of carbonyl (C=O) groups excluding carboxylic acids is 2. The fourth-order valence-electron chi connectivity index (χ4n) is 1.59. The summed E-state index contributed by atoms with van der Waals surface area (Å²) in [6.45, 7) is 1.71. The number of nitrogens with zero attached hydrogens (tertiary/aromatic N) is 2. The minimum Gasteiger partial charge on any atom is -0.341 e. The lowest BCUT2D eigenvalue weighted by Crippen LogP contribution is -2.41. The molecule has 2 aromatic rings. The predicted octanol–water partition coefficient (Wildman–Crippen LogP) is 1.57. The second kappa shape index (κ2) is 6.33. The quantitative estimate of drug-likeness (QED) is 0.838. The van der Waals surface area contributed by atoms with E-state index in [9.17, 15) is 9.59 Å². The summed E-state index contributed by atoms with van der Waals surface area (Å²) >= 11 is 1.27. The summed E-state index contributed by atoms with van der Waals surface area (Å²) < 4.78 is 0. The molecule has 3 amide bonds. The first kappa shape index (κ1) is 14.3. The number of hydrogen-bond donors (Lipinski definition) is 2. The largest absolute Gasteiger partial charge is 0.341 e. The molecule has 0 saturated heterocycles. The normalized spacial score (nSPS) is 11.9. The molecule has 20 heavy (non-hydrogen) atoms. The van der Waals surface area contributed by atoms with Crippen molar-refractivity contribution >= 4 is 34.5 Å². The number of benzene rings is 1. The van der Waals surface area contributed by atoms with Gasteiger partial charge in [0.05, 0.1) is 11.4 Å². The minimum atomic E-state index is -0.522. The van der Waals surface area contributed by atoms with Gasteiger partial charge >= 0.3 is 6.03 Å². The van der Waals surface area contributed by atoms with Crippen LogP contribution in [0.3, 0.4) is 0 Å². The summed E-state index contributed by atoms with van der Waals surface area (Å²) in [4.78, 5) is 22.9. The van der Waals surface area contributed by atoms with E-state index in [1.54, 1.807) is 13.1 Å². The van der Waals surface area contributed by atoms with Gasteiger partial charge in [-0.25, -0.2) is 4.79 Å². The Bertz CT molecular complexity index is 642. The lowest BCUT2D eigenvalue weighted by molar-refractivity contribution is -0.119. The lowest BCUT2D eigenvalue weighted by Gasteiger charge is -2.11. The zero-order valence-corrected chi connectivity index (χ0v) is 11.9. The van der Waals surface area contributed by atoms with Gasteiger partial charge in [-0.1, -0.05) is 36.0 Å². The summed E-state index contributed by atoms with van der Waals surface area (Å²) in [6, 6.07) is 7.16. The highest BCUT2D eigenvalue weighted by atomic mass is 32.2. The minimum absolute atomic E-state index is 0.371. The van der Waals surface area contributed by atoms with Crippen molar-refractivity contribution in [2.45, 2.75) is 17.2 Å². The Balaban J connectivity index is 2.15. The second-order valence-electron chi connectivity index (χ2n) is 4.07.